The SMILES string of the molecule is CC1=NC(C)=C(C(=O)OCC[N+](=O)[O-])C(c2cccc([N+](=O)[O-])c2)C1C(=O)OCC[N+](=O)[O-]. The van der Waals surface area contributed by atoms with Crippen LogP contribution >= 0.6 is 0 Å². The molecule has 1 aliphatic rings. The maximum absolute atomic E-state index is 12.8. The van der Waals surface area contributed by atoms with Gasteiger partial charge in [0.05, 0.1) is 10.5 Å². The maximum atomic E-state index is 12.8. The van der Waals surface area contributed by atoms with E-state index in [1.165, 1.54) is 38.1 Å². The summed E-state index contributed by atoms with van der Waals surface area (Å²) in [4.78, 5) is 60.2. The second kappa shape index (κ2) is 10.9. The van der Waals surface area contributed by atoms with Crippen molar-refractivity contribution in [2.24, 2.45) is 10.9 Å². The highest BCUT2D eigenvalue weighted by Crippen LogP contribution is 2.41. The summed E-state index contributed by atoms with van der Waals surface area (Å²) >= 11 is 0. The Hall–Kier alpha value is -4.23. The maximum Gasteiger partial charge on any atom is 0.336 e. The number of hydrogen-bond donors (Lipinski definition) is 0. The average molecular weight is 464 g/mol. The molecule has 2 rings (SSSR count). The van der Waals surface area contributed by atoms with Crippen LogP contribution < -0.4 is 0 Å². The van der Waals surface area contributed by atoms with Crippen molar-refractivity contribution in [3.05, 3.63) is 71.4 Å². The Balaban J connectivity index is 2.51. The van der Waals surface area contributed by atoms with Crippen molar-refractivity contribution in [3.63, 3.8) is 0 Å². The first-order valence-electron chi connectivity index (χ1n) is 9.60. The fourth-order valence-corrected chi connectivity index (χ4v) is 3.40. The van der Waals surface area contributed by atoms with Gasteiger partial charge in [-0.25, -0.2) is 4.79 Å². The molecular weight excluding hydrogens is 444 g/mol. The number of benzene rings is 1. The molecule has 33 heavy (non-hydrogen) atoms. The smallest absolute Gasteiger partial charge is 0.336 e. The van der Waals surface area contributed by atoms with E-state index in [1.807, 2.05) is 0 Å². The molecule has 0 amide bonds. The number of rotatable bonds is 10. The van der Waals surface area contributed by atoms with Crippen LogP contribution in [0.3, 0.4) is 0 Å². The van der Waals surface area contributed by atoms with Crippen LogP contribution in [0.1, 0.15) is 25.3 Å². The number of carbonyl (C=O) groups excluding carboxylic acids is 2. The summed E-state index contributed by atoms with van der Waals surface area (Å²) in [5, 5.41) is 32.4. The van der Waals surface area contributed by atoms with E-state index in [-0.39, 0.29) is 28.2 Å². The number of ether oxygens (including phenoxy) is 2. The molecule has 2 atom stereocenters. The monoisotopic (exact) mass is 464 g/mol. The van der Waals surface area contributed by atoms with E-state index in [4.69, 9.17) is 9.47 Å². The number of esters is 2. The van der Waals surface area contributed by atoms with Crippen LogP contribution in [0.2, 0.25) is 0 Å². The van der Waals surface area contributed by atoms with Gasteiger partial charge in [-0.05, 0) is 19.4 Å². The van der Waals surface area contributed by atoms with Gasteiger partial charge in [0.2, 0.25) is 13.1 Å². The predicted octanol–water partition coefficient (Wildman–Crippen LogP) is 1.68. The fraction of sp³-hybridized carbons (Fsp3) is 0.421. The third kappa shape index (κ3) is 6.38. The van der Waals surface area contributed by atoms with Gasteiger partial charge >= 0.3 is 11.9 Å². The lowest BCUT2D eigenvalue weighted by atomic mass is 9.75. The van der Waals surface area contributed by atoms with Gasteiger partial charge in [0.25, 0.3) is 5.69 Å². The first kappa shape index (κ1) is 25.0. The Bertz CT molecular complexity index is 1050. The molecule has 0 N–H and O–H groups in total. The normalized spacial score (nSPS) is 17.7. The van der Waals surface area contributed by atoms with Crippen LogP contribution in [-0.2, 0) is 19.1 Å². The molecule has 0 fully saturated rings. The molecule has 1 aliphatic heterocycles. The minimum Gasteiger partial charge on any atom is -0.458 e. The second-order valence-electron chi connectivity index (χ2n) is 6.98. The number of nitro groups is 3. The number of carbonyl (C=O) groups is 2. The van der Waals surface area contributed by atoms with Gasteiger partial charge in [-0.2, -0.15) is 0 Å². The minimum absolute atomic E-state index is 0.124. The Kier molecular flexibility index (Phi) is 8.25. The van der Waals surface area contributed by atoms with Crippen molar-refractivity contribution < 1.29 is 33.8 Å². The Morgan fingerprint density at radius 2 is 1.61 bits per heavy atom. The van der Waals surface area contributed by atoms with Gasteiger partial charge in [0, 0.05) is 39.3 Å². The van der Waals surface area contributed by atoms with E-state index in [0.29, 0.717) is 0 Å². The first-order chi connectivity index (χ1) is 15.5. The molecule has 0 saturated heterocycles. The largest absolute Gasteiger partial charge is 0.458 e. The molecule has 0 radical (unpaired) electrons. The van der Waals surface area contributed by atoms with Crippen LogP contribution in [0, 0.1) is 36.3 Å². The van der Waals surface area contributed by atoms with E-state index in [2.05, 4.69) is 4.99 Å². The summed E-state index contributed by atoms with van der Waals surface area (Å²) in [6.45, 7) is 0.608. The third-order valence-corrected chi connectivity index (χ3v) is 4.77. The van der Waals surface area contributed by atoms with Crippen LogP contribution in [0.4, 0.5) is 5.69 Å². The number of nitro benzene ring substituents is 1. The van der Waals surface area contributed by atoms with Gasteiger partial charge in [-0.3, -0.25) is 40.1 Å². The zero-order valence-electron chi connectivity index (χ0n) is 17.7. The van der Waals surface area contributed by atoms with Crippen LogP contribution in [0.15, 0.2) is 40.5 Å². The van der Waals surface area contributed by atoms with E-state index in [1.54, 1.807) is 0 Å². The van der Waals surface area contributed by atoms with Crippen LogP contribution in [-0.4, -0.2) is 58.7 Å². The molecule has 0 saturated carbocycles. The van der Waals surface area contributed by atoms with Gasteiger partial charge < -0.3 is 9.47 Å². The summed E-state index contributed by atoms with van der Waals surface area (Å²) in [6.07, 6.45) is 0. The molecule has 0 aliphatic carbocycles. The summed E-state index contributed by atoms with van der Waals surface area (Å²) in [5.41, 5.74) is 0.157. The summed E-state index contributed by atoms with van der Waals surface area (Å²) in [7, 11) is 0. The highest BCUT2D eigenvalue weighted by atomic mass is 16.6. The first-order valence-corrected chi connectivity index (χ1v) is 9.60. The zero-order chi connectivity index (χ0) is 24.7. The zero-order valence-corrected chi connectivity index (χ0v) is 17.7. The minimum atomic E-state index is -1.24. The van der Waals surface area contributed by atoms with Crippen molar-refractivity contribution in [2.45, 2.75) is 19.8 Å². The van der Waals surface area contributed by atoms with Gasteiger partial charge in [-0.15, -0.1) is 0 Å². The molecule has 2 unspecified atom stereocenters. The molecule has 14 nitrogen and oxygen atoms in total. The molecule has 0 aromatic heterocycles. The van der Waals surface area contributed by atoms with E-state index in [9.17, 15) is 39.9 Å². The number of non-ortho nitro benzene ring substituents is 1. The second-order valence-corrected chi connectivity index (χ2v) is 6.98. The topological polar surface area (TPSA) is 194 Å². The number of hydrogen-bond acceptors (Lipinski definition) is 11. The lowest BCUT2D eigenvalue weighted by Gasteiger charge is -2.31. The fourth-order valence-electron chi connectivity index (χ4n) is 3.40. The molecule has 14 heteroatoms. The van der Waals surface area contributed by atoms with Gasteiger partial charge in [0.1, 0.15) is 5.92 Å². The predicted molar refractivity (Wildman–Crippen MR) is 111 cm³/mol. The summed E-state index contributed by atoms with van der Waals surface area (Å²) in [5.74, 6) is -4.27. The number of allylic oxidation sites excluding steroid dienone is 1. The Morgan fingerprint density at radius 1 is 1.00 bits per heavy atom. The molecule has 176 valence electrons. The number of aliphatic imine (C=N–C) groups is 1. The summed E-state index contributed by atoms with van der Waals surface area (Å²) in [6, 6.07) is 5.24. The van der Waals surface area contributed by atoms with Gasteiger partial charge in [0.15, 0.2) is 13.2 Å². The van der Waals surface area contributed by atoms with Gasteiger partial charge in [-0.1, -0.05) is 12.1 Å². The van der Waals surface area contributed by atoms with E-state index >= 15 is 0 Å². The van der Waals surface area contributed by atoms with Crippen molar-refractivity contribution in [2.75, 3.05) is 26.3 Å². The Morgan fingerprint density at radius 3 is 2.18 bits per heavy atom. The molecular formula is C19H20N4O10. The summed E-state index contributed by atoms with van der Waals surface area (Å²) < 4.78 is 9.99. The molecule has 0 bridgehead atoms. The highest BCUT2D eigenvalue weighted by Gasteiger charge is 2.43. The standard InChI is InChI=1S/C19H20N4O10/c1-11-15(18(24)32-8-6-21(26)27)17(13-4-3-5-14(10-13)23(30)31)16(12(2)20-11)19(25)33-9-7-22(28)29/h3-5,10,15,17H,6-9H2,1-2H3. The molecule has 1 aromatic carbocycles. The van der Waals surface area contributed by atoms with E-state index in [0.717, 1.165) is 0 Å². The quantitative estimate of drug-likeness (QED) is 0.279. The Labute approximate surface area is 186 Å². The van der Waals surface area contributed by atoms with Crippen molar-refractivity contribution in [1.29, 1.82) is 0 Å². The van der Waals surface area contributed by atoms with Crippen LogP contribution in [0.5, 0.6) is 0 Å². The molecule has 1 heterocycles. The lowest BCUT2D eigenvalue weighted by molar-refractivity contribution is -0.482. The number of nitrogens with zero attached hydrogens (tertiary/aromatic N) is 4. The average Bonchev–Trinajstić information content (AvgIpc) is 2.72. The highest BCUT2D eigenvalue weighted by molar-refractivity contribution is 6.07. The van der Waals surface area contributed by atoms with Crippen molar-refractivity contribution in [1.82, 2.24) is 0 Å². The molecule has 0 spiro atoms. The van der Waals surface area contributed by atoms with Crippen LogP contribution in [0.25, 0.3) is 0 Å². The third-order valence-electron chi connectivity index (χ3n) is 4.77. The van der Waals surface area contributed by atoms with Crippen molar-refractivity contribution >= 4 is 23.3 Å². The van der Waals surface area contributed by atoms with E-state index < -0.39 is 64.8 Å². The van der Waals surface area contributed by atoms with Crippen molar-refractivity contribution in [3.8, 4) is 0 Å². The lowest BCUT2D eigenvalue weighted by Crippen LogP contribution is -2.37. The molecule has 1 aromatic rings.